The summed E-state index contributed by atoms with van der Waals surface area (Å²) in [5.41, 5.74) is -0.144. The van der Waals surface area contributed by atoms with Crippen molar-refractivity contribution in [1.82, 2.24) is 25.2 Å². The van der Waals surface area contributed by atoms with E-state index in [9.17, 15) is 22.0 Å². The van der Waals surface area contributed by atoms with E-state index < -0.39 is 34.5 Å². The molecule has 3 aromatic rings. The Balaban J connectivity index is 1.77. The van der Waals surface area contributed by atoms with Gasteiger partial charge in [-0.3, -0.25) is 0 Å². The van der Waals surface area contributed by atoms with Crippen LogP contribution in [0.2, 0.25) is 0 Å². The van der Waals surface area contributed by atoms with Crippen molar-refractivity contribution >= 4 is 22.8 Å². The van der Waals surface area contributed by atoms with Crippen molar-refractivity contribution in [3.8, 4) is 11.3 Å². The monoisotopic (exact) mass is 483 g/mol. The number of aromatic nitrogens is 4. The van der Waals surface area contributed by atoms with Gasteiger partial charge in [-0.25, -0.2) is 24.3 Å². The molecule has 0 amide bonds. The molecule has 3 heterocycles. The number of rotatable bonds is 3. The fourth-order valence-electron chi connectivity index (χ4n) is 4.17. The zero-order valence-electron chi connectivity index (χ0n) is 18.3. The molecule has 1 aliphatic rings. The minimum absolute atomic E-state index is 0.0674. The Morgan fingerprint density at radius 2 is 2.00 bits per heavy atom. The van der Waals surface area contributed by atoms with Crippen molar-refractivity contribution in [1.29, 1.82) is 0 Å². The number of fused-ring (bicyclic) bond motifs is 1. The van der Waals surface area contributed by atoms with Gasteiger partial charge in [-0.05, 0) is 25.8 Å². The van der Waals surface area contributed by atoms with Crippen molar-refractivity contribution in [3.05, 3.63) is 35.0 Å². The van der Waals surface area contributed by atoms with Gasteiger partial charge in [0.2, 0.25) is 5.95 Å². The van der Waals surface area contributed by atoms with E-state index >= 15 is 0 Å². The largest absolute Gasteiger partial charge is 0.419 e. The number of benzene rings is 1. The third-order valence-corrected chi connectivity index (χ3v) is 5.93. The van der Waals surface area contributed by atoms with E-state index in [0.29, 0.717) is 30.9 Å². The molecule has 0 radical (unpaired) electrons. The van der Waals surface area contributed by atoms with Gasteiger partial charge in [0.05, 0.1) is 10.9 Å². The van der Waals surface area contributed by atoms with E-state index in [1.807, 2.05) is 4.90 Å². The van der Waals surface area contributed by atoms with E-state index in [1.165, 1.54) is 17.9 Å². The maximum Gasteiger partial charge on any atom is 0.419 e. The number of aryl methyl sites for hydroxylation is 1. The van der Waals surface area contributed by atoms with Gasteiger partial charge in [-0.1, -0.05) is 0 Å². The lowest BCUT2D eigenvalue weighted by Crippen LogP contribution is -2.46. The minimum atomic E-state index is -5.00. The number of piperidine rings is 1. The molecule has 182 valence electrons. The molecule has 1 unspecified atom stereocenters. The highest BCUT2D eigenvalue weighted by molar-refractivity contribution is 5.91. The number of halogens is 5. The molecule has 1 aromatic carbocycles. The molecule has 0 saturated carbocycles. The Morgan fingerprint density at radius 3 is 2.65 bits per heavy atom. The second kappa shape index (κ2) is 8.66. The van der Waals surface area contributed by atoms with Crippen molar-refractivity contribution < 1.29 is 22.0 Å². The first-order valence-corrected chi connectivity index (χ1v) is 10.3. The number of hydrogen-bond donors (Lipinski definition) is 3. The Kier molecular flexibility index (Phi) is 6.02. The van der Waals surface area contributed by atoms with Crippen LogP contribution < -0.4 is 22.0 Å². The highest BCUT2D eigenvalue weighted by Gasteiger charge is 2.37. The van der Waals surface area contributed by atoms with Gasteiger partial charge in [0.1, 0.15) is 23.2 Å². The van der Waals surface area contributed by atoms with Crippen molar-refractivity contribution in [2.75, 3.05) is 18.0 Å². The average molecular weight is 483 g/mol. The zero-order valence-corrected chi connectivity index (χ0v) is 18.3. The van der Waals surface area contributed by atoms with E-state index in [1.54, 1.807) is 0 Å². The summed E-state index contributed by atoms with van der Waals surface area (Å²) < 4.78 is 70.3. The summed E-state index contributed by atoms with van der Waals surface area (Å²) in [6, 6.07) is 0.427. The van der Waals surface area contributed by atoms with Crippen LogP contribution in [0.5, 0.6) is 0 Å². The van der Waals surface area contributed by atoms with Crippen LogP contribution in [0, 0.1) is 24.5 Å². The summed E-state index contributed by atoms with van der Waals surface area (Å²) in [7, 11) is 1.53. The topological polar surface area (TPSA) is 123 Å². The highest BCUT2D eigenvalue weighted by Crippen LogP contribution is 2.39. The molecule has 1 atom stereocenters. The first kappa shape index (κ1) is 23.6. The SMILES string of the molecule is Cc1c(F)c(-c2nn(C)c3nc(N4CCCC(/C(=N/N)NN)C4)ncc23)cc(C(F)(F)F)c1F. The molecule has 34 heavy (non-hydrogen) atoms. The third-order valence-electron chi connectivity index (χ3n) is 5.93. The van der Waals surface area contributed by atoms with Gasteiger partial charge in [0.15, 0.2) is 5.65 Å². The molecular formula is C20H22F5N9. The predicted molar refractivity (Wildman–Crippen MR) is 115 cm³/mol. The molecule has 9 nitrogen and oxygen atoms in total. The second-order valence-electron chi connectivity index (χ2n) is 8.05. The maximum absolute atomic E-state index is 14.9. The number of alkyl halides is 3. The highest BCUT2D eigenvalue weighted by atomic mass is 19.4. The van der Waals surface area contributed by atoms with Crippen LogP contribution in [-0.4, -0.2) is 38.7 Å². The molecule has 2 aromatic heterocycles. The molecule has 1 aliphatic heterocycles. The summed E-state index contributed by atoms with van der Waals surface area (Å²) in [5, 5.41) is 8.06. The van der Waals surface area contributed by atoms with E-state index in [0.717, 1.165) is 19.8 Å². The summed E-state index contributed by atoms with van der Waals surface area (Å²) in [6.07, 6.45) is -2.03. The molecule has 5 N–H and O–H groups in total. The van der Waals surface area contributed by atoms with Gasteiger partial charge >= 0.3 is 6.18 Å². The number of hydrazone groups is 1. The average Bonchev–Trinajstić information content (AvgIpc) is 3.13. The lowest BCUT2D eigenvalue weighted by Gasteiger charge is -2.32. The van der Waals surface area contributed by atoms with Gasteiger partial charge in [-0.2, -0.15) is 28.4 Å². The lowest BCUT2D eigenvalue weighted by molar-refractivity contribution is -0.140. The van der Waals surface area contributed by atoms with E-state index in [2.05, 4.69) is 25.6 Å². The molecule has 1 fully saturated rings. The first-order chi connectivity index (χ1) is 16.1. The maximum atomic E-state index is 14.9. The van der Waals surface area contributed by atoms with Gasteiger partial charge in [0, 0.05) is 43.4 Å². The Labute approximate surface area is 190 Å². The first-order valence-electron chi connectivity index (χ1n) is 10.3. The van der Waals surface area contributed by atoms with Gasteiger partial charge in [-0.15, -0.1) is 0 Å². The summed E-state index contributed by atoms with van der Waals surface area (Å²) in [4.78, 5) is 10.7. The molecular weight excluding hydrogens is 461 g/mol. The van der Waals surface area contributed by atoms with Crippen molar-refractivity contribution in [3.63, 3.8) is 0 Å². The fourth-order valence-corrected chi connectivity index (χ4v) is 4.17. The van der Waals surface area contributed by atoms with Crippen LogP contribution >= 0.6 is 0 Å². The van der Waals surface area contributed by atoms with Crippen LogP contribution in [0.25, 0.3) is 22.3 Å². The number of nitrogens with one attached hydrogen (secondary N) is 1. The molecule has 0 aliphatic carbocycles. The van der Waals surface area contributed by atoms with E-state index in [-0.39, 0.29) is 22.6 Å². The van der Waals surface area contributed by atoms with Crippen LogP contribution in [0.3, 0.4) is 0 Å². The predicted octanol–water partition coefficient (Wildman–Crippen LogP) is 2.59. The standard InChI is InChI=1S/C20H22F5N9/c1-9-14(21)11(6-13(15(9)22)20(23,24)25)16-12-7-28-19(29-18(12)33(2)32-16)34-5-3-4-10(8-34)17(30-26)31-27/h6-7,10H,3-5,8,26-27H2,1-2H3,(H,30,31). The second-order valence-corrected chi connectivity index (χ2v) is 8.05. The van der Waals surface area contributed by atoms with Crippen molar-refractivity contribution in [2.45, 2.75) is 25.9 Å². The molecule has 4 rings (SSSR count). The van der Waals surface area contributed by atoms with E-state index in [4.69, 9.17) is 11.7 Å². The third kappa shape index (κ3) is 3.97. The number of nitrogens with two attached hydrogens (primary N) is 2. The minimum Gasteiger partial charge on any atom is -0.340 e. The molecule has 0 spiro atoms. The number of anilines is 1. The Bertz CT molecular complexity index is 1270. The zero-order chi connectivity index (χ0) is 24.8. The van der Waals surface area contributed by atoms with Gasteiger partial charge in [0.25, 0.3) is 0 Å². The lowest BCUT2D eigenvalue weighted by atomic mass is 9.97. The molecule has 14 heteroatoms. The number of nitrogens with zero attached hydrogens (tertiary/aromatic N) is 6. The quantitative estimate of drug-likeness (QED) is 0.172. The van der Waals surface area contributed by atoms with Crippen LogP contribution in [0.15, 0.2) is 17.4 Å². The van der Waals surface area contributed by atoms with Crippen LogP contribution in [0.1, 0.15) is 24.0 Å². The Morgan fingerprint density at radius 1 is 1.26 bits per heavy atom. The normalized spacial score (nSPS) is 17.5. The smallest absolute Gasteiger partial charge is 0.340 e. The number of amidine groups is 1. The van der Waals surface area contributed by atoms with Crippen LogP contribution in [-0.2, 0) is 13.2 Å². The fraction of sp³-hybridized carbons (Fsp3) is 0.400. The number of hydrazine groups is 1. The Hall–Kier alpha value is -3.55. The number of hydrogen-bond acceptors (Lipinski definition) is 7. The summed E-state index contributed by atoms with van der Waals surface area (Å²) in [6.45, 7) is 2.08. The van der Waals surface area contributed by atoms with Gasteiger partial charge < -0.3 is 16.2 Å². The summed E-state index contributed by atoms with van der Waals surface area (Å²) >= 11 is 0. The molecule has 0 bridgehead atoms. The van der Waals surface area contributed by atoms with Crippen LogP contribution in [0.4, 0.5) is 27.9 Å². The van der Waals surface area contributed by atoms with Crippen molar-refractivity contribution in [2.24, 2.45) is 29.8 Å². The summed E-state index contributed by atoms with van der Waals surface area (Å²) in [5.74, 6) is 8.80. The molecule has 1 saturated heterocycles.